The molecule has 4 aliphatic carbocycles. The third-order valence-corrected chi connectivity index (χ3v) is 13.3. The predicted molar refractivity (Wildman–Crippen MR) is 160 cm³/mol. The summed E-state index contributed by atoms with van der Waals surface area (Å²) in [6.45, 7) is 4.11. The zero-order valence-electron chi connectivity index (χ0n) is 27.2. The second-order valence-corrected chi connectivity index (χ2v) is 15.6. The summed E-state index contributed by atoms with van der Waals surface area (Å²) in [4.78, 5) is 36.6. The quantitative estimate of drug-likeness (QED) is 0.149. The van der Waals surface area contributed by atoms with Crippen molar-refractivity contribution in [3.8, 4) is 0 Å². The van der Waals surface area contributed by atoms with Gasteiger partial charge in [-0.25, -0.2) is 9.59 Å². The van der Waals surface area contributed by atoms with Gasteiger partial charge in [0.2, 0.25) is 0 Å². The Labute approximate surface area is 278 Å². The monoisotopic (exact) mass is 686 g/mol. The van der Waals surface area contributed by atoms with Gasteiger partial charge in [0.25, 0.3) is 0 Å². The molecule has 6 aliphatic rings. The van der Waals surface area contributed by atoms with Crippen molar-refractivity contribution in [2.45, 2.75) is 139 Å². The minimum atomic E-state index is -1.84. The highest BCUT2D eigenvalue weighted by Crippen LogP contribution is 2.67. The number of aliphatic hydroxyl groups excluding tert-OH is 6. The summed E-state index contributed by atoms with van der Waals surface area (Å²) in [5.41, 5.74) is -0.224. The molecule has 0 amide bonds. The fraction of sp³-hybridized carbons (Fsp3) is 0.909. The van der Waals surface area contributed by atoms with Crippen molar-refractivity contribution in [3.63, 3.8) is 0 Å². The van der Waals surface area contributed by atoms with Crippen molar-refractivity contribution in [1.82, 2.24) is 0 Å². The number of hydrogen-bond donors (Lipinski definition) is 8. The van der Waals surface area contributed by atoms with Crippen LogP contribution in [0.4, 0.5) is 0 Å². The molecule has 48 heavy (non-hydrogen) atoms. The topological polar surface area (TPSA) is 250 Å². The van der Waals surface area contributed by atoms with Crippen LogP contribution in [0.15, 0.2) is 0 Å². The van der Waals surface area contributed by atoms with Crippen molar-refractivity contribution in [3.05, 3.63) is 0 Å². The lowest BCUT2D eigenvalue weighted by molar-refractivity contribution is -0.309. The van der Waals surface area contributed by atoms with Crippen molar-refractivity contribution in [1.29, 1.82) is 0 Å². The van der Waals surface area contributed by atoms with Crippen LogP contribution in [0.25, 0.3) is 0 Å². The van der Waals surface area contributed by atoms with E-state index in [9.17, 15) is 55.2 Å². The standard InChI is InChI=1S/C33H50O15/c1-32-9-7-14(46-31-25(40)21(36)23(38)27(48-31)29(43)44)11-13(32)3-4-15-16-5-6-18(33(16,2)10-8-17(15)32)19(34)12-45-30-24(39)20(35)22(37)26(47-30)28(41)42/h13-18,20-27,30-31,35-40H,3-12H2,1-2H3,(H,41,42)(H,43,44)/t13-,14+,15-,16-,17-,18+,20-,21-,22-,23-,24+,25+,26-,27-,30?,31?,32-,33-/m0/s1. The number of ether oxygens (including phenoxy) is 4. The zero-order chi connectivity index (χ0) is 34.9. The Hall–Kier alpha value is -1.79. The Morgan fingerprint density at radius 2 is 1.23 bits per heavy atom. The van der Waals surface area contributed by atoms with Crippen LogP contribution in [0.2, 0.25) is 0 Å². The number of rotatable bonds is 8. The van der Waals surface area contributed by atoms with Crippen LogP contribution in [0.5, 0.6) is 0 Å². The predicted octanol–water partition coefficient (Wildman–Crippen LogP) is -0.599. The number of carbonyl (C=O) groups is 3. The maximum atomic E-state index is 13.6. The SMILES string of the molecule is C[C@]12CC[C@@H](OC3O[C@H](C(=O)O)[C@@H](O)[C@H](O)[C@H]3O)C[C@@H]1CC[C@@H]1[C@@H]2CC[C@]2(C)[C@@H](C(=O)COC3O[C@H](C(=O)O)[C@@H](O)[C@H](O)[C@H]3O)CC[C@@H]12. The third kappa shape index (κ3) is 6.01. The molecule has 0 radical (unpaired) electrons. The number of carbonyl (C=O) groups excluding carboxylic acids is 1. The van der Waals surface area contributed by atoms with Gasteiger partial charge in [-0.15, -0.1) is 0 Å². The minimum Gasteiger partial charge on any atom is -0.479 e. The second kappa shape index (κ2) is 13.4. The number of hydrogen-bond acceptors (Lipinski definition) is 13. The van der Waals surface area contributed by atoms with E-state index >= 15 is 0 Å². The van der Waals surface area contributed by atoms with E-state index in [-0.39, 0.29) is 28.6 Å². The van der Waals surface area contributed by atoms with E-state index in [4.69, 9.17) is 18.9 Å². The normalized spacial score (nSPS) is 52.1. The van der Waals surface area contributed by atoms with Crippen LogP contribution in [-0.4, -0.2) is 133 Å². The number of carboxylic acids is 2. The van der Waals surface area contributed by atoms with Gasteiger partial charge >= 0.3 is 11.9 Å². The van der Waals surface area contributed by atoms with Crippen molar-refractivity contribution in [2.24, 2.45) is 40.4 Å². The molecule has 15 heteroatoms. The average Bonchev–Trinajstić information content (AvgIpc) is 3.40. The van der Waals surface area contributed by atoms with E-state index < -0.39 is 80.0 Å². The van der Waals surface area contributed by atoms with E-state index in [1.165, 1.54) is 0 Å². The Bertz CT molecular complexity index is 1230. The van der Waals surface area contributed by atoms with Crippen LogP contribution in [0.3, 0.4) is 0 Å². The molecule has 8 N–H and O–H groups in total. The van der Waals surface area contributed by atoms with Crippen molar-refractivity contribution >= 4 is 17.7 Å². The van der Waals surface area contributed by atoms with Gasteiger partial charge in [0.15, 0.2) is 30.6 Å². The Balaban J connectivity index is 1.06. The van der Waals surface area contributed by atoms with Crippen LogP contribution < -0.4 is 0 Å². The molecule has 18 atom stereocenters. The van der Waals surface area contributed by atoms with Gasteiger partial charge in [-0.3, -0.25) is 4.79 Å². The fourth-order valence-electron chi connectivity index (χ4n) is 10.7. The lowest BCUT2D eigenvalue weighted by Gasteiger charge is -2.61. The molecule has 2 unspecified atom stereocenters. The lowest BCUT2D eigenvalue weighted by Crippen LogP contribution is -2.61. The maximum absolute atomic E-state index is 13.6. The van der Waals surface area contributed by atoms with Gasteiger partial charge in [0.05, 0.1) is 6.10 Å². The van der Waals surface area contributed by atoms with Gasteiger partial charge in [0.1, 0.15) is 43.2 Å². The fourth-order valence-corrected chi connectivity index (χ4v) is 10.7. The van der Waals surface area contributed by atoms with Crippen LogP contribution in [0.1, 0.15) is 71.6 Å². The minimum absolute atomic E-state index is 0.0290. The molecule has 0 spiro atoms. The molecule has 6 fully saturated rings. The molecule has 0 bridgehead atoms. The first-order valence-corrected chi connectivity index (χ1v) is 17.2. The Kier molecular flexibility index (Phi) is 10.1. The maximum Gasteiger partial charge on any atom is 0.335 e. The molecule has 0 aromatic rings. The lowest BCUT2D eigenvalue weighted by atomic mass is 9.44. The molecule has 272 valence electrons. The Morgan fingerprint density at radius 1 is 0.667 bits per heavy atom. The summed E-state index contributed by atoms with van der Waals surface area (Å²) >= 11 is 0. The number of aliphatic carboxylic acids is 2. The van der Waals surface area contributed by atoms with Gasteiger partial charge < -0.3 is 59.8 Å². The van der Waals surface area contributed by atoms with Crippen LogP contribution in [-0.2, 0) is 33.3 Å². The molecule has 4 saturated carbocycles. The van der Waals surface area contributed by atoms with E-state index in [2.05, 4.69) is 13.8 Å². The summed E-state index contributed by atoms with van der Waals surface area (Å²) < 4.78 is 22.2. The summed E-state index contributed by atoms with van der Waals surface area (Å²) in [5.74, 6) is -1.89. The highest BCUT2D eigenvalue weighted by Gasteiger charge is 2.61. The second-order valence-electron chi connectivity index (χ2n) is 15.6. The summed E-state index contributed by atoms with van der Waals surface area (Å²) in [7, 11) is 0. The highest BCUT2D eigenvalue weighted by atomic mass is 16.7. The molecule has 6 rings (SSSR count). The first-order valence-electron chi connectivity index (χ1n) is 17.2. The Morgan fingerprint density at radius 3 is 1.85 bits per heavy atom. The number of ketones is 1. The third-order valence-electron chi connectivity index (χ3n) is 13.3. The molecule has 15 nitrogen and oxygen atoms in total. The van der Waals surface area contributed by atoms with E-state index in [1.54, 1.807) is 0 Å². The summed E-state index contributed by atoms with van der Waals surface area (Å²) in [5, 5.41) is 79.7. The number of Topliss-reactive ketones (excluding diaryl/α,β-unsaturated/α-hetero) is 1. The molecule has 2 heterocycles. The summed E-state index contributed by atoms with van der Waals surface area (Å²) in [6, 6.07) is 0. The molecule has 2 saturated heterocycles. The van der Waals surface area contributed by atoms with Crippen LogP contribution >= 0.6 is 0 Å². The average molecular weight is 687 g/mol. The molecule has 2 aliphatic heterocycles. The number of aliphatic hydroxyl groups is 6. The number of carboxylic acid groups (broad SMARTS) is 2. The van der Waals surface area contributed by atoms with Crippen molar-refractivity contribution in [2.75, 3.05) is 6.61 Å². The molecule has 0 aromatic heterocycles. The first-order chi connectivity index (χ1) is 22.6. The molecule has 0 aromatic carbocycles. The van der Waals surface area contributed by atoms with Crippen LogP contribution in [0, 0.1) is 40.4 Å². The first kappa shape index (κ1) is 36.0. The van der Waals surface area contributed by atoms with Gasteiger partial charge in [-0.2, -0.15) is 0 Å². The highest BCUT2D eigenvalue weighted by molar-refractivity contribution is 5.83. The largest absolute Gasteiger partial charge is 0.479 e. The zero-order valence-corrected chi connectivity index (χ0v) is 27.2. The van der Waals surface area contributed by atoms with Crippen molar-refractivity contribution < 1.29 is 74.2 Å². The van der Waals surface area contributed by atoms with E-state index in [0.29, 0.717) is 42.9 Å². The molecular weight excluding hydrogens is 636 g/mol. The molecular formula is C33H50O15. The van der Waals surface area contributed by atoms with E-state index in [0.717, 1.165) is 38.5 Å². The van der Waals surface area contributed by atoms with Gasteiger partial charge in [-0.1, -0.05) is 13.8 Å². The smallest absolute Gasteiger partial charge is 0.335 e. The van der Waals surface area contributed by atoms with Gasteiger partial charge in [-0.05, 0) is 92.3 Å². The van der Waals surface area contributed by atoms with Gasteiger partial charge in [0, 0.05) is 5.92 Å². The summed E-state index contributed by atoms with van der Waals surface area (Å²) in [6.07, 6.45) is -9.63. The number of fused-ring (bicyclic) bond motifs is 5. The van der Waals surface area contributed by atoms with E-state index in [1.807, 2.05) is 0 Å².